The first-order chi connectivity index (χ1) is 10.2. The van der Waals surface area contributed by atoms with Gasteiger partial charge in [-0.3, -0.25) is 14.7 Å². The molecule has 1 amide bonds. The first kappa shape index (κ1) is 14.4. The van der Waals surface area contributed by atoms with Gasteiger partial charge in [0, 0.05) is 48.8 Å². The van der Waals surface area contributed by atoms with Crippen LogP contribution in [0, 0.1) is 6.92 Å². The summed E-state index contributed by atoms with van der Waals surface area (Å²) in [4.78, 5) is 20.0. The van der Waals surface area contributed by atoms with Gasteiger partial charge in [-0.15, -0.1) is 11.3 Å². The maximum atomic E-state index is 12.3. The zero-order chi connectivity index (χ0) is 14.7. The number of morpholine rings is 1. The lowest BCUT2D eigenvalue weighted by molar-refractivity contribution is 0.0383. The number of rotatable bonds is 4. The quantitative estimate of drug-likeness (QED) is 0.933. The highest BCUT2D eigenvalue weighted by molar-refractivity contribution is 7.19. The van der Waals surface area contributed by atoms with Crippen molar-refractivity contribution in [1.29, 1.82) is 0 Å². The molecule has 2 aromatic heterocycles. The number of nitrogens with one attached hydrogen (secondary N) is 1. The number of fused-ring (bicyclic) bond motifs is 1. The number of carbonyl (C=O) groups is 1. The molecule has 0 atom stereocenters. The molecular formula is C15H19N3O2S. The normalized spacial score (nSPS) is 16.2. The number of amides is 1. The Bertz CT molecular complexity index is 635. The van der Waals surface area contributed by atoms with Crippen LogP contribution in [0.4, 0.5) is 0 Å². The van der Waals surface area contributed by atoms with E-state index in [-0.39, 0.29) is 5.91 Å². The van der Waals surface area contributed by atoms with E-state index >= 15 is 0 Å². The monoisotopic (exact) mass is 305 g/mol. The molecule has 1 saturated heterocycles. The van der Waals surface area contributed by atoms with Crippen LogP contribution in [-0.4, -0.2) is 55.2 Å². The Labute approximate surface area is 127 Å². The average Bonchev–Trinajstić information content (AvgIpc) is 2.88. The van der Waals surface area contributed by atoms with Crippen molar-refractivity contribution >= 4 is 27.3 Å². The molecule has 0 unspecified atom stereocenters. The second kappa shape index (κ2) is 6.51. The lowest BCUT2D eigenvalue weighted by Gasteiger charge is -2.26. The van der Waals surface area contributed by atoms with Crippen LogP contribution in [0.1, 0.15) is 15.2 Å². The summed E-state index contributed by atoms with van der Waals surface area (Å²) in [7, 11) is 0. The van der Waals surface area contributed by atoms with Gasteiger partial charge in [0.05, 0.1) is 23.5 Å². The summed E-state index contributed by atoms with van der Waals surface area (Å²) in [6.45, 7) is 7.01. The van der Waals surface area contributed by atoms with Crippen LogP contribution in [0.2, 0.25) is 0 Å². The van der Waals surface area contributed by atoms with Crippen molar-refractivity contribution in [1.82, 2.24) is 15.2 Å². The van der Waals surface area contributed by atoms with Gasteiger partial charge in [0.1, 0.15) is 0 Å². The van der Waals surface area contributed by atoms with E-state index in [2.05, 4.69) is 21.3 Å². The van der Waals surface area contributed by atoms with Gasteiger partial charge >= 0.3 is 0 Å². The third-order valence-electron chi connectivity index (χ3n) is 3.61. The van der Waals surface area contributed by atoms with E-state index in [0.717, 1.165) is 42.9 Å². The molecule has 5 nitrogen and oxygen atoms in total. The van der Waals surface area contributed by atoms with Crippen LogP contribution >= 0.6 is 11.3 Å². The topological polar surface area (TPSA) is 54.5 Å². The summed E-state index contributed by atoms with van der Waals surface area (Å²) >= 11 is 1.64. The lowest BCUT2D eigenvalue weighted by atomic mass is 10.2. The molecule has 0 spiro atoms. The average molecular weight is 305 g/mol. The van der Waals surface area contributed by atoms with Crippen LogP contribution in [0.25, 0.3) is 10.1 Å². The minimum atomic E-state index is -0.0387. The summed E-state index contributed by atoms with van der Waals surface area (Å²) in [5.74, 6) is -0.0387. The number of aryl methyl sites for hydroxylation is 1. The summed E-state index contributed by atoms with van der Waals surface area (Å²) in [5, 5.41) is 4.03. The number of hydrogen-bond donors (Lipinski definition) is 1. The molecule has 0 aliphatic carbocycles. The van der Waals surface area contributed by atoms with Gasteiger partial charge in [0.2, 0.25) is 0 Å². The predicted molar refractivity (Wildman–Crippen MR) is 83.9 cm³/mol. The number of nitrogens with zero attached hydrogens (tertiary/aromatic N) is 2. The molecule has 21 heavy (non-hydrogen) atoms. The van der Waals surface area contributed by atoms with Crippen LogP contribution in [0.15, 0.2) is 18.5 Å². The van der Waals surface area contributed by atoms with Gasteiger partial charge in [-0.05, 0) is 13.0 Å². The number of hydrogen-bond acceptors (Lipinski definition) is 5. The first-order valence-electron chi connectivity index (χ1n) is 7.16. The van der Waals surface area contributed by atoms with E-state index in [1.54, 1.807) is 17.5 Å². The number of aromatic nitrogens is 1. The Kier molecular flexibility index (Phi) is 4.48. The summed E-state index contributed by atoms with van der Waals surface area (Å²) in [6, 6.07) is 2.07. The van der Waals surface area contributed by atoms with E-state index in [1.807, 2.05) is 13.1 Å². The molecule has 2 aromatic rings. The summed E-state index contributed by atoms with van der Waals surface area (Å²) in [5.41, 5.74) is 0.674. The van der Waals surface area contributed by atoms with Gasteiger partial charge in [-0.2, -0.15) is 0 Å². The fraction of sp³-hybridized carbons (Fsp3) is 0.467. The molecular weight excluding hydrogens is 286 g/mol. The third kappa shape index (κ3) is 3.40. The van der Waals surface area contributed by atoms with Gasteiger partial charge in [-0.25, -0.2) is 0 Å². The Hall–Kier alpha value is -1.50. The minimum absolute atomic E-state index is 0.0387. The van der Waals surface area contributed by atoms with Gasteiger partial charge in [0.25, 0.3) is 5.91 Å². The second-order valence-corrected chi connectivity index (χ2v) is 6.43. The predicted octanol–water partition coefficient (Wildman–Crippen LogP) is 1.67. The van der Waals surface area contributed by atoms with E-state index in [1.165, 1.54) is 4.88 Å². The van der Waals surface area contributed by atoms with Gasteiger partial charge in [-0.1, -0.05) is 0 Å². The van der Waals surface area contributed by atoms with Crippen LogP contribution in [-0.2, 0) is 4.74 Å². The lowest BCUT2D eigenvalue weighted by Crippen LogP contribution is -2.41. The fourth-order valence-electron chi connectivity index (χ4n) is 2.50. The van der Waals surface area contributed by atoms with E-state index in [9.17, 15) is 4.79 Å². The highest BCUT2D eigenvalue weighted by Gasteiger charge is 2.14. The number of thiophene rings is 1. The third-order valence-corrected chi connectivity index (χ3v) is 4.71. The van der Waals surface area contributed by atoms with Gasteiger partial charge < -0.3 is 10.1 Å². The number of pyridine rings is 1. The Balaban J connectivity index is 1.61. The highest BCUT2D eigenvalue weighted by atomic mass is 32.1. The van der Waals surface area contributed by atoms with Crippen LogP contribution < -0.4 is 5.32 Å². The highest BCUT2D eigenvalue weighted by Crippen LogP contribution is 2.27. The zero-order valence-electron chi connectivity index (χ0n) is 12.1. The van der Waals surface area contributed by atoms with Crippen LogP contribution in [0.3, 0.4) is 0 Å². The Morgan fingerprint density at radius 3 is 3.05 bits per heavy atom. The molecule has 1 N–H and O–H groups in total. The fourth-order valence-corrected chi connectivity index (χ4v) is 3.49. The van der Waals surface area contributed by atoms with Crippen molar-refractivity contribution < 1.29 is 9.53 Å². The Morgan fingerprint density at radius 1 is 1.43 bits per heavy atom. The van der Waals surface area contributed by atoms with Gasteiger partial charge in [0.15, 0.2) is 0 Å². The smallest absolute Gasteiger partial charge is 0.254 e. The molecule has 0 bridgehead atoms. The second-order valence-electron chi connectivity index (χ2n) is 5.17. The molecule has 0 aromatic carbocycles. The maximum absolute atomic E-state index is 12.3. The number of ether oxygens (including phenoxy) is 1. The molecule has 3 heterocycles. The summed E-state index contributed by atoms with van der Waals surface area (Å²) < 4.78 is 6.33. The van der Waals surface area contributed by atoms with E-state index in [0.29, 0.717) is 12.1 Å². The van der Waals surface area contributed by atoms with E-state index < -0.39 is 0 Å². The zero-order valence-corrected chi connectivity index (χ0v) is 12.9. The van der Waals surface area contributed by atoms with Crippen molar-refractivity contribution in [2.75, 3.05) is 39.4 Å². The van der Waals surface area contributed by atoms with Crippen molar-refractivity contribution in [3.63, 3.8) is 0 Å². The molecule has 1 aliphatic rings. The first-order valence-corrected chi connectivity index (χ1v) is 7.98. The molecule has 1 fully saturated rings. The molecule has 0 saturated carbocycles. The largest absolute Gasteiger partial charge is 0.379 e. The SMILES string of the molecule is Cc1cc2cncc(C(=O)NCCN3CCOCC3)c2s1. The maximum Gasteiger partial charge on any atom is 0.254 e. The van der Waals surface area contributed by atoms with Crippen molar-refractivity contribution in [3.8, 4) is 0 Å². The molecule has 112 valence electrons. The van der Waals surface area contributed by atoms with E-state index in [4.69, 9.17) is 4.74 Å². The summed E-state index contributed by atoms with van der Waals surface area (Å²) in [6.07, 6.45) is 3.46. The minimum Gasteiger partial charge on any atom is -0.379 e. The van der Waals surface area contributed by atoms with Crippen molar-refractivity contribution in [3.05, 3.63) is 28.9 Å². The molecule has 3 rings (SSSR count). The number of carbonyl (C=O) groups excluding carboxylic acids is 1. The van der Waals surface area contributed by atoms with Crippen molar-refractivity contribution in [2.45, 2.75) is 6.92 Å². The molecule has 1 aliphatic heterocycles. The molecule has 6 heteroatoms. The van der Waals surface area contributed by atoms with Crippen molar-refractivity contribution in [2.24, 2.45) is 0 Å². The Morgan fingerprint density at radius 2 is 2.24 bits per heavy atom. The van der Waals surface area contributed by atoms with Crippen LogP contribution in [0.5, 0.6) is 0 Å². The standard InChI is InChI=1S/C15H19N3O2S/c1-11-8-12-9-16-10-13(14(12)21-11)15(19)17-2-3-18-4-6-20-7-5-18/h8-10H,2-7H2,1H3,(H,17,19). The molecule has 0 radical (unpaired) electrons.